The van der Waals surface area contributed by atoms with Gasteiger partial charge in [0.2, 0.25) is 0 Å². The highest BCUT2D eigenvalue weighted by molar-refractivity contribution is 5.81. The normalized spacial score (nSPS) is 14.8. The first kappa shape index (κ1) is 19.6. The lowest BCUT2D eigenvalue weighted by Gasteiger charge is -2.30. The zero-order chi connectivity index (χ0) is 19.3. The largest absolute Gasteiger partial charge is 0.484 e. The molecule has 1 saturated heterocycles. The van der Waals surface area contributed by atoms with E-state index in [1.165, 1.54) is 12.1 Å². The average Bonchev–Trinajstić information content (AvgIpc) is 2.47. The molecular weight excluding hydrogens is 340 g/mol. The molecule has 2 N–H and O–H groups in total. The number of hydrogen-bond acceptors (Lipinski definition) is 5. The van der Waals surface area contributed by atoms with E-state index in [4.69, 9.17) is 9.47 Å². The maximum atomic E-state index is 11.8. The zero-order valence-electron chi connectivity index (χ0n) is 15.2. The molecule has 1 fully saturated rings. The molecule has 1 aliphatic heterocycles. The number of nitrogens with one attached hydrogen (secondary N) is 1. The van der Waals surface area contributed by atoms with Crippen molar-refractivity contribution < 1.29 is 29.0 Å². The van der Waals surface area contributed by atoms with Gasteiger partial charge in [-0.2, -0.15) is 0 Å². The third-order valence-corrected chi connectivity index (χ3v) is 3.69. The van der Waals surface area contributed by atoms with E-state index in [1.807, 2.05) is 0 Å². The monoisotopic (exact) mass is 364 g/mol. The molecule has 1 aliphatic rings. The summed E-state index contributed by atoms with van der Waals surface area (Å²) < 4.78 is 10.5. The average molecular weight is 364 g/mol. The summed E-state index contributed by atoms with van der Waals surface area (Å²) >= 11 is 0. The van der Waals surface area contributed by atoms with Gasteiger partial charge in [0.05, 0.1) is 0 Å². The molecular formula is C18H24N2O6. The fourth-order valence-corrected chi connectivity index (χ4v) is 2.27. The quantitative estimate of drug-likeness (QED) is 0.799. The van der Waals surface area contributed by atoms with Gasteiger partial charge < -0.3 is 24.8 Å². The second-order valence-electron chi connectivity index (χ2n) is 7.01. The minimum Gasteiger partial charge on any atom is -0.484 e. The van der Waals surface area contributed by atoms with Crippen LogP contribution >= 0.6 is 0 Å². The number of carboxylic acid groups (broad SMARTS) is 1. The minimum atomic E-state index is -1.25. The van der Waals surface area contributed by atoms with Crippen molar-refractivity contribution in [1.29, 1.82) is 0 Å². The van der Waals surface area contributed by atoms with Crippen LogP contribution in [0, 0.1) is 0 Å². The Balaban J connectivity index is 1.95. The van der Waals surface area contributed by atoms with Gasteiger partial charge in [0, 0.05) is 13.1 Å². The van der Waals surface area contributed by atoms with Crippen molar-refractivity contribution in [2.75, 3.05) is 19.7 Å². The number of rotatable bonds is 6. The topological polar surface area (TPSA) is 105 Å². The van der Waals surface area contributed by atoms with Crippen LogP contribution in [-0.2, 0) is 14.3 Å². The van der Waals surface area contributed by atoms with Gasteiger partial charge in [-0.05, 0) is 44.9 Å². The maximum absolute atomic E-state index is 11.8. The summed E-state index contributed by atoms with van der Waals surface area (Å²) in [6.07, 6.45) is 0.201. The molecule has 2 rings (SSSR count). The number of alkyl carbamates (subject to hydrolysis) is 1. The Labute approximate surface area is 152 Å². The van der Waals surface area contributed by atoms with Crippen LogP contribution in [0.3, 0.4) is 0 Å². The number of nitrogens with zero attached hydrogens (tertiary/aromatic N) is 1. The first-order valence-corrected chi connectivity index (χ1v) is 8.38. The van der Waals surface area contributed by atoms with E-state index < -0.39 is 23.7 Å². The first-order valence-electron chi connectivity index (χ1n) is 8.38. The van der Waals surface area contributed by atoms with E-state index in [2.05, 4.69) is 5.32 Å². The number of carbonyl (C=O) groups excluding carboxylic acids is 2. The highest BCUT2D eigenvalue weighted by atomic mass is 16.6. The molecule has 1 aromatic rings. The minimum absolute atomic E-state index is 0.0577. The van der Waals surface area contributed by atoms with E-state index in [0.717, 1.165) is 19.5 Å². The Bertz CT molecular complexity index is 661. The van der Waals surface area contributed by atoms with Gasteiger partial charge in [0.1, 0.15) is 11.4 Å². The first-order chi connectivity index (χ1) is 12.2. The van der Waals surface area contributed by atoms with E-state index >= 15 is 0 Å². The van der Waals surface area contributed by atoms with Crippen LogP contribution in [0.1, 0.15) is 38.8 Å². The Morgan fingerprint density at radius 2 is 1.81 bits per heavy atom. The lowest BCUT2D eigenvalue weighted by molar-refractivity contribution is -0.139. The molecule has 8 heteroatoms. The molecule has 1 aromatic carbocycles. The van der Waals surface area contributed by atoms with Crippen molar-refractivity contribution in [3.8, 4) is 5.75 Å². The smallest absolute Gasteiger partial charge is 0.408 e. The predicted molar refractivity (Wildman–Crippen MR) is 92.9 cm³/mol. The fraction of sp³-hybridized carbons (Fsp3) is 0.500. The zero-order valence-corrected chi connectivity index (χ0v) is 15.2. The molecule has 0 aliphatic carbocycles. The highest BCUT2D eigenvalue weighted by Crippen LogP contribution is 2.19. The van der Waals surface area contributed by atoms with Crippen molar-refractivity contribution in [2.24, 2.45) is 0 Å². The van der Waals surface area contributed by atoms with Crippen LogP contribution in [0.15, 0.2) is 24.3 Å². The number of ether oxygens (including phenoxy) is 2. The number of carbonyl (C=O) groups is 3. The Morgan fingerprint density at radius 1 is 1.19 bits per heavy atom. The molecule has 26 heavy (non-hydrogen) atoms. The van der Waals surface area contributed by atoms with Crippen molar-refractivity contribution >= 4 is 18.0 Å². The van der Waals surface area contributed by atoms with E-state index in [9.17, 15) is 19.5 Å². The number of amides is 2. The number of likely N-dealkylation sites (tertiary alicyclic amines) is 1. The lowest BCUT2D eigenvalue weighted by atomic mass is 10.1. The van der Waals surface area contributed by atoms with Crippen molar-refractivity contribution in [2.45, 2.75) is 38.8 Å². The van der Waals surface area contributed by atoms with Crippen LogP contribution in [0.5, 0.6) is 5.75 Å². The summed E-state index contributed by atoms with van der Waals surface area (Å²) in [5.74, 6) is -0.836. The standard InChI is InChI=1S/C18H24N2O6/c1-18(2,3)26-17(24)19-15(16(22)23)12-5-7-13(8-6-12)25-11-14(21)20-9-4-10-20/h5-8,15H,4,9-11H2,1-3H3,(H,19,24)(H,22,23). The molecule has 0 bridgehead atoms. The van der Waals surface area contributed by atoms with Crippen LogP contribution < -0.4 is 10.1 Å². The summed E-state index contributed by atoms with van der Waals surface area (Å²) in [5, 5.41) is 11.7. The van der Waals surface area contributed by atoms with Crippen LogP contribution in [0.2, 0.25) is 0 Å². The third-order valence-electron chi connectivity index (χ3n) is 3.69. The molecule has 0 aromatic heterocycles. The SMILES string of the molecule is CC(C)(C)OC(=O)NC(C(=O)O)c1ccc(OCC(=O)N2CCC2)cc1. The van der Waals surface area contributed by atoms with Gasteiger partial charge in [-0.15, -0.1) is 0 Å². The summed E-state index contributed by atoms with van der Waals surface area (Å²) in [7, 11) is 0. The van der Waals surface area contributed by atoms with E-state index in [-0.39, 0.29) is 12.5 Å². The van der Waals surface area contributed by atoms with Crippen LogP contribution in [-0.4, -0.2) is 53.3 Å². The van der Waals surface area contributed by atoms with Gasteiger partial charge >= 0.3 is 12.1 Å². The van der Waals surface area contributed by atoms with Crippen molar-refractivity contribution in [3.63, 3.8) is 0 Å². The fourth-order valence-electron chi connectivity index (χ4n) is 2.27. The highest BCUT2D eigenvalue weighted by Gasteiger charge is 2.25. The molecule has 142 valence electrons. The van der Waals surface area contributed by atoms with Crippen molar-refractivity contribution in [1.82, 2.24) is 10.2 Å². The Hall–Kier alpha value is -2.77. The van der Waals surface area contributed by atoms with E-state index in [0.29, 0.717) is 11.3 Å². The van der Waals surface area contributed by atoms with Gasteiger partial charge in [-0.25, -0.2) is 9.59 Å². The predicted octanol–water partition coefficient (Wildman–Crippen LogP) is 1.95. The van der Waals surface area contributed by atoms with Gasteiger partial charge in [0.25, 0.3) is 5.91 Å². The Morgan fingerprint density at radius 3 is 2.27 bits per heavy atom. The molecule has 1 heterocycles. The number of aliphatic carboxylic acids is 1. The van der Waals surface area contributed by atoms with Crippen LogP contribution in [0.4, 0.5) is 4.79 Å². The Kier molecular flexibility index (Phi) is 6.07. The number of carboxylic acids is 1. The van der Waals surface area contributed by atoms with Gasteiger partial charge in [0.15, 0.2) is 12.6 Å². The van der Waals surface area contributed by atoms with E-state index in [1.54, 1.807) is 37.8 Å². The summed E-state index contributed by atoms with van der Waals surface area (Å²) in [4.78, 5) is 36.8. The molecule has 1 atom stereocenters. The lowest BCUT2D eigenvalue weighted by Crippen LogP contribution is -2.44. The molecule has 2 amide bonds. The number of benzene rings is 1. The molecule has 0 spiro atoms. The summed E-state index contributed by atoms with van der Waals surface area (Å²) in [5.41, 5.74) is -0.363. The van der Waals surface area contributed by atoms with Gasteiger partial charge in [-0.3, -0.25) is 4.79 Å². The number of hydrogen-bond donors (Lipinski definition) is 2. The molecule has 0 saturated carbocycles. The second-order valence-corrected chi connectivity index (χ2v) is 7.01. The summed E-state index contributed by atoms with van der Waals surface area (Å²) in [6, 6.07) is 4.93. The molecule has 8 nitrogen and oxygen atoms in total. The van der Waals surface area contributed by atoms with Crippen LogP contribution in [0.25, 0.3) is 0 Å². The van der Waals surface area contributed by atoms with Crippen molar-refractivity contribution in [3.05, 3.63) is 29.8 Å². The molecule has 1 unspecified atom stereocenters. The maximum Gasteiger partial charge on any atom is 0.408 e. The second kappa shape index (κ2) is 8.07. The summed E-state index contributed by atoms with van der Waals surface area (Å²) in [6.45, 7) is 6.54. The third kappa shape index (κ3) is 5.65. The van der Waals surface area contributed by atoms with Gasteiger partial charge in [-0.1, -0.05) is 12.1 Å². The molecule has 0 radical (unpaired) electrons.